The molecule has 1 aromatic rings. The Morgan fingerprint density at radius 1 is 1.38 bits per heavy atom. The normalized spacial score (nSPS) is 22.8. The molecule has 2 atom stereocenters. The third-order valence-electron chi connectivity index (χ3n) is 3.11. The van der Waals surface area contributed by atoms with Crippen molar-refractivity contribution in [3.05, 3.63) is 35.9 Å². The SMILES string of the molecule is C[C@@H]1C[C@H]1C(=O)OCCCc1ccccc1. The minimum absolute atomic E-state index is 0.000520. The van der Waals surface area contributed by atoms with E-state index in [1.165, 1.54) is 5.56 Å². The lowest BCUT2D eigenvalue weighted by Crippen LogP contribution is -2.09. The third-order valence-corrected chi connectivity index (χ3v) is 3.11. The van der Waals surface area contributed by atoms with E-state index in [9.17, 15) is 4.79 Å². The second kappa shape index (κ2) is 5.15. The van der Waals surface area contributed by atoms with Gasteiger partial charge in [0.15, 0.2) is 0 Å². The van der Waals surface area contributed by atoms with Gasteiger partial charge < -0.3 is 4.74 Å². The Morgan fingerprint density at radius 3 is 2.69 bits per heavy atom. The molecule has 1 aliphatic rings. The molecule has 0 amide bonds. The first kappa shape index (κ1) is 11.2. The number of carbonyl (C=O) groups excluding carboxylic acids is 1. The van der Waals surface area contributed by atoms with Crippen molar-refractivity contribution in [1.82, 2.24) is 0 Å². The molecule has 0 saturated heterocycles. The average Bonchev–Trinajstić information content (AvgIpc) is 3.03. The van der Waals surface area contributed by atoms with Crippen LogP contribution in [-0.2, 0) is 16.0 Å². The first-order valence-electron chi connectivity index (χ1n) is 5.98. The maximum Gasteiger partial charge on any atom is 0.309 e. The molecule has 16 heavy (non-hydrogen) atoms. The van der Waals surface area contributed by atoms with Gasteiger partial charge in [-0.3, -0.25) is 4.79 Å². The Bertz CT molecular complexity index is 345. The number of ether oxygens (including phenoxy) is 1. The molecule has 0 spiro atoms. The van der Waals surface area contributed by atoms with Gasteiger partial charge in [-0.1, -0.05) is 37.3 Å². The van der Waals surface area contributed by atoms with Gasteiger partial charge in [0.05, 0.1) is 12.5 Å². The highest BCUT2D eigenvalue weighted by Crippen LogP contribution is 2.38. The van der Waals surface area contributed by atoms with Crippen LogP contribution in [0.5, 0.6) is 0 Å². The van der Waals surface area contributed by atoms with Gasteiger partial charge in [-0.05, 0) is 30.7 Å². The number of aryl methyl sites for hydroxylation is 1. The summed E-state index contributed by atoms with van der Waals surface area (Å²) < 4.78 is 5.22. The Labute approximate surface area is 96.6 Å². The van der Waals surface area contributed by atoms with Gasteiger partial charge in [0, 0.05) is 0 Å². The highest BCUT2D eigenvalue weighted by atomic mass is 16.5. The predicted octanol–water partition coefficient (Wildman–Crippen LogP) is 2.82. The molecule has 0 aromatic heterocycles. The third kappa shape index (κ3) is 3.09. The zero-order chi connectivity index (χ0) is 11.4. The summed E-state index contributed by atoms with van der Waals surface area (Å²) >= 11 is 0. The van der Waals surface area contributed by atoms with Gasteiger partial charge in [-0.2, -0.15) is 0 Å². The van der Waals surface area contributed by atoms with E-state index in [-0.39, 0.29) is 11.9 Å². The van der Waals surface area contributed by atoms with Crippen LogP contribution in [0.2, 0.25) is 0 Å². The molecule has 0 heterocycles. The van der Waals surface area contributed by atoms with E-state index in [2.05, 4.69) is 19.1 Å². The van der Waals surface area contributed by atoms with E-state index < -0.39 is 0 Å². The molecule has 2 nitrogen and oxygen atoms in total. The number of rotatable bonds is 5. The Morgan fingerprint density at radius 2 is 2.06 bits per heavy atom. The molecular weight excluding hydrogens is 200 g/mol. The quantitative estimate of drug-likeness (QED) is 0.561. The number of hydrogen-bond donors (Lipinski definition) is 0. The molecule has 1 aromatic carbocycles. The maximum atomic E-state index is 11.4. The molecule has 0 unspecified atom stereocenters. The molecule has 1 fully saturated rings. The van der Waals surface area contributed by atoms with E-state index in [0.717, 1.165) is 19.3 Å². The van der Waals surface area contributed by atoms with Gasteiger partial charge in [-0.25, -0.2) is 0 Å². The van der Waals surface area contributed by atoms with Gasteiger partial charge in [0.1, 0.15) is 0 Å². The monoisotopic (exact) mass is 218 g/mol. The molecule has 0 radical (unpaired) electrons. The van der Waals surface area contributed by atoms with E-state index in [0.29, 0.717) is 12.5 Å². The van der Waals surface area contributed by atoms with E-state index in [4.69, 9.17) is 4.74 Å². The number of benzene rings is 1. The Hall–Kier alpha value is -1.31. The van der Waals surface area contributed by atoms with Crippen LogP contribution in [0.25, 0.3) is 0 Å². The summed E-state index contributed by atoms with van der Waals surface area (Å²) in [4.78, 5) is 11.4. The molecule has 1 saturated carbocycles. The first-order valence-corrected chi connectivity index (χ1v) is 5.98. The zero-order valence-electron chi connectivity index (χ0n) is 9.69. The van der Waals surface area contributed by atoms with Crippen molar-refractivity contribution in [1.29, 1.82) is 0 Å². The van der Waals surface area contributed by atoms with Gasteiger partial charge in [-0.15, -0.1) is 0 Å². The van der Waals surface area contributed by atoms with Crippen molar-refractivity contribution >= 4 is 5.97 Å². The van der Waals surface area contributed by atoms with E-state index in [1.54, 1.807) is 0 Å². The summed E-state index contributed by atoms with van der Waals surface area (Å²) in [6.07, 6.45) is 2.91. The molecule has 0 N–H and O–H groups in total. The average molecular weight is 218 g/mol. The fourth-order valence-electron chi connectivity index (χ4n) is 1.85. The van der Waals surface area contributed by atoms with E-state index in [1.807, 2.05) is 18.2 Å². The second-order valence-corrected chi connectivity index (χ2v) is 4.58. The minimum Gasteiger partial charge on any atom is -0.465 e. The summed E-state index contributed by atoms with van der Waals surface area (Å²) in [6.45, 7) is 2.65. The lowest BCUT2D eigenvalue weighted by molar-refractivity contribution is -0.145. The lowest BCUT2D eigenvalue weighted by atomic mass is 10.1. The van der Waals surface area contributed by atoms with Crippen molar-refractivity contribution in [2.24, 2.45) is 11.8 Å². The second-order valence-electron chi connectivity index (χ2n) is 4.58. The summed E-state index contributed by atoms with van der Waals surface area (Å²) in [7, 11) is 0. The van der Waals surface area contributed by atoms with E-state index >= 15 is 0 Å². The van der Waals surface area contributed by atoms with Crippen molar-refractivity contribution < 1.29 is 9.53 Å². The van der Waals surface area contributed by atoms with Crippen LogP contribution >= 0.6 is 0 Å². The molecule has 2 rings (SSSR count). The predicted molar refractivity (Wildman–Crippen MR) is 63.0 cm³/mol. The number of hydrogen-bond acceptors (Lipinski definition) is 2. The molecule has 0 bridgehead atoms. The van der Waals surface area contributed by atoms with Crippen LogP contribution in [0.1, 0.15) is 25.3 Å². The van der Waals surface area contributed by atoms with Gasteiger partial charge in [0.25, 0.3) is 0 Å². The van der Waals surface area contributed by atoms with Crippen LogP contribution in [0.4, 0.5) is 0 Å². The number of carbonyl (C=O) groups is 1. The minimum atomic E-state index is 0.000520. The van der Waals surface area contributed by atoms with Crippen molar-refractivity contribution in [2.45, 2.75) is 26.2 Å². The summed E-state index contributed by atoms with van der Waals surface area (Å²) in [5.74, 6) is 0.735. The highest BCUT2D eigenvalue weighted by Gasteiger charge is 2.40. The highest BCUT2D eigenvalue weighted by molar-refractivity contribution is 5.75. The summed E-state index contributed by atoms with van der Waals surface area (Å²) in [5, 5.41) is 0. The largest absolute Gasteiger partial charge is 0.465 e. The van der Waals surface area contributed by atoms with Gasteiger partial charge >= 0.3 is 5.97 Å². The van der Waals surface area contributed by atoms with Gasteiger partial charge in [0.2, 0.25) is 0 Å². The van der Waals surface area contributed by atoms with Crippen LogP contribution in [0, 0.1) is 11.8 Å². The fourth-order valence-corrected chi connectivity index (χ4v) is 1.85. The summed E-state index contributed by atoms with van der Waals surface area (Å²) in [6, 6.07) is 10.3. The maximum absolute atomic E-state index is 11.4. The van der Waals surface area contributed by atoms with Crippen molar-refractivity contribution in [2.75, 3.05) is 6.61 Å². The Balaban J connectivity index is 1.60. The molecule has 2 heteroatoms. The van der Waals surface area contributed by atoms with Crippen molar-refractivity contribution in [3.8, 4) is 0 Å². The van der Waals surface area contributed by atoms with Crippen LogP contribution in [-0.4, -0.2) is 12.6 Å². The fraction of sp³-hybridized carbons (Fsp3) is 0.500. The van der Waals surface area contributed by atoms with Crippen LogP contribution < -0.4 is 0 Å². The topological polar surface area (TPSA) is 26.3 Å². The van der Waals surface area contributed by atoms with Crippen molar-refractivity contribution in [3.63, 3.8) is 0 Å². The molecular formula is C14H18O2. The first-order chi connectivity index (χ1) is 7.77. The standard InChI is InChI=1S/C14H18O2/c1-11-10-13(11)14(15)16-9-5-8-12-6-3-2-4-7-12/h2-4,6-7,11,13H,5,8-10H2,1H3/t11-,13-/m1/s1. The number of esters is 1. The summed E-state index contributed by atoms with van der Waals surface area (Å²) in [5.41, 5.74) is 1.30. The molecule has 1 aliphatic carbocycles. The smallest absolute Gasteiger partial charge is 0.309 e. The molecule has 0 aliphatic heterocycles. The molecule has 86 valence electrons. The Kier molecular flexibility index (Phi) is 3.60. The lowest BCUT2D eigenvalue weighted by Gasteiger charge is -2.04. The zero-order valence-corrected chi connectivity index (χ0v) is 9.69. The van der Waals surface area contributed by atoms with Crippen LogP contribution in [0.3, 0.4) is 0 Å². The van der Waals surface area contributed by atoms with Crippen LogP contribution in [0.15, 0.2) is 30.3 Å².